The Morgan fingerprint density at radius 3 is 2.65 bits per heavy atom. The molecule has 0 radical (unpaired) electrons. The first kappa shape index (κ1) is 17.6. The number of rotatable bonds is 5. The second-order valence-corrected chi connectivity index (χ2v) is 5.85. The Balaban J connectivity index is 1.55. The van der Waals surface area contributed by atoms with Gasteiger partial charge in [-0.1, -0.05) is 23.7 Å². The summed E-state index contributed by atoms with van der Waals surface area (Å²) in [6, 6.07) is 11.8. The van der Waals surface area contributed by atoms with Crippen molar-refractivity contribution in [2.24, 2.45) is 0 Å². The molecule has 0 spiro atoms. The number of allylic oxidation sites excluding steroid dienone is 1. The van der Waals surface area contributed by atoms with Crippen LogP contribution in [0, 0.1) is 0 Å². The third-order valence-corrected chi connectivity index (χ3v) is 3.81. The fourth-order valence-corrected chi connectivity index (χ4v) is 2.47. The van der Waals surface area contributed by atoms with Crippen molar-refractivity contribution < 1.29 is 19.1 Å². The van der Waals surface area contributed by atoms with Crippen LogP contribution in [0.25, 0.3) is 0 Å². The highest BCUT2D eigenvalue weighted by Gasteiger charge is 2.14. The first-order valence-electron chi connectivity index (χ1n) is 7.73. The predicted octanol–water partition coefficient (Wildman–Crippen LogP) is 2.85. The molecule has 0 atom stereocenters. The molecular weight excluding hydrogens is 358 g/mol. The van der Waals surface area contributed by atoms with Crippen LogP contribution in [0.1, 0.15) is 17.3 Å². The quantitative estimate of drug-likeness (QED) is 0.554. The van der Waals surface area contributed by atoms with Crippen molar-refractivity contribution in [1.82, 2.24) is 10.9 Å². The highest BCUT2D eigenvalue weighted by Crippen LogP contribution is 2.34. The minimum absolute atomic E-state index is 0.167. The lowest BCUT2D eigenvalue weighted by Crippen LogP contribution is -2.36. The Kier molecular flexibility index (Phi) is 5.28. The van der Waals surface area contributed by atoms with Crippen molar-refractivity contribution >= 4 is 29.1 Å². The van der Waals surface area contributed by atoms with E-state index in [9.17, 15) is 9.59 Å². The van der Waals surface area contributed by atoms with E-state index in [2.05, 4.69) is 16.2 Å². The number of hydrogen-bond acceptors (Lipinski definition) is 5. The molecule has 134 valence electrons. The average molecular weight is 374 g/mol. The summed E-state index contributed by atoms with van der Waals surface area (Å²) in [6.07, 6.45) is 1.32. The zero-order valence-electron chi connectivity index (χ0n) is 13.8. The van der Waals surface area contributed by atoms with E-state index in [4.69, 9.17) is 21.1 Å². The zero-order chi connectivity index (χ0) is 18.5. The van der Waals surface area contributed by atoms with E-state index in [1.807, 2.05) is 0 Å². The molecule has 0 unspecified atom stereocenters. The summed E-state index contributed by atoms with van der Waals surface area (Å²) in [6.45, 7) is 1.81. The molecule has 0 aliphatic carbocycles. The van der Waals surface area contributed by atoms with Gasteiger partial charge in [0.25, 0.3) is 5.91 Å². The second kappa shape index (κ2) is 7.79. The lowest BCUT2D eigenvalue weighted by atomic mass is 10.2. The molecule has 0 aromatic heterocycles. The number of benzene rings is 2. The number of halogens is 1. The molecular formula is C18H16ClN3O4. The van der Waals surface area contributed by atoms with Crippen molar-refractivity contribution in [3.05, 3.63) is 64.8 Å². The van der Waals surface area contributed by atoms with E-state index in [1.165, 1.54) is 6.08 Å². The van der Waals surface area contributed by atoms with Gasteiger partial charge in [-0.15, -0.1) is 0 Å². The summed E-state index contributed by atoms with van der Waals surface area (Å²) in [4.78, 5) is 24.1. The summed E-state index contributed by atoms with van der Waals surface area (Å²) in [5.74, 6) is 0.452. The molecule has 1 heterocycles. The van der Waals surface area contributed by atoms with E-state index in [1.54, 1.807) is 49.4 Å². The number of hydrazine groups is 1. The van der Waals surface area contributed by atoms with Gasteiger partial charge in [0.1, 0.15) is 0 Å². The van der Waals surface area contributed by atoms with Crippen LogP contribution < -0.4 is 25.6 Å². The topological polar surface area (TPSA) is 88.7 Å². The normalized spacial score (nSPS) is 12.5. The van der Waals surface area contributed by atoms with Crippen LogP contribution in [0.5, 0.6) is 11.5 Å². The van der Waals surface area contributed by atoms with E-state index in [-0.39, 0.29) is 12.7 Å². The van der Waals surface area contributed by atoms with Gasteiger partial charge in [0.15, 0.2) is 11.5 Å². The number of carbonyl (C=O) groups is 2. The molecule has 0 bridgehead atoms. The zero-order valence-corrected chi connectivity index (χ0v) is 14.6. The summed E-state index contributed by atoms with van der Waals surface area (Å²) < 4.78 is 10.5. The summed E-state index contributed by atoms with van der Waals surface area (Å²) in [7, 11) is 0. The van der Waals surface area contributed by atoms with Gasteiger partial charge >= 0.3 is 0 Å². The largest absolute Gasteiger partial charge is 0.454 e. The lowest BCUT2D eigenvalue weighted by molar-refractivity contribution is -0.112. The highest BCUT2D eigenvalue weighted by atomic mass is 35.5. The minimum Gasteiger partial charge on any atom is -0.454 e. The molecule has 2 aromatic rings. The number of amides is 2. The molecule has 1 aliphatic rings. The molecule has 3 N–H and O–H groups in total. The van der Waals surface area contributed by atoms with Crippen LogP contribution in [0.2, 0.25) is 5.02 Å². The Bertz CT molecular complexity index is 882. The number of carbonyl (C=O) groups excluding carboxylic acids is 2. The predicted molar refractivity (Wildman–Crippen MR) is 97.0 cm³/mol. The SMILES string of the molecule is CC(=CC(=O)Nc1ccc2c(c1)OCO2)NNC(=O)c1ccccc1Cl. The highest BCUT2D eigenvalue weighted by molar-refractivity contribution is 6.33. The van der Waals surface area contributed by atoms with Crippen LogP contribution in [-0.4, -0.2) is 18.6 Å². The molecule has 7 nitrogen and oxygen atoms in total. The van der Waals surface area contributed by atoms with Gasteiger partial charge in [-0.05, 0) is 31.2 Å². The molecule has 26 heavy (non-hydrogen) atoms. The maximum atomic E-state index is 12.1. The molecule has 8 heteroatoms. The Morgan fingerprint density at radius 1 is 1.08 bits per heavy atom. The van der Waals surface area contributed by atoms with Crippen LogP contribution in [0.4, 0.5) is 5.69 Å². The fraction of sp³-hybridized carbons (Fsp3) is 0.111. The van der Waals surface area contributed by atoms with Crippen LogP contribution in [0.3, 0.4) is 0 Å². The van der Waals surface area contributed by atoms with Gasteiger partial charge in [-0.3, -0.25) is 15.0 Å². The van der Waals surface area contributed by atoms with Crippen molar-refractivity contribution in [1.29, 1.82) is 0 Å². The van der Waals surface area contributed by atoms with Crippen molar-refractivity contribution in [2.45, 2.75) is 6.92 Å². The van der Waals surface area contributed by atoms with Gasteiger partial charge in [0.2, 0.25) is 12.7 Å². The molecule has 0 fully saturated rings. The number of ether oxygens (including phenoxy) is 2. The van der Waals surface area contributed by atoms with E-state index in [0.717, 1.165) is 0 Å². The molecule has 2 aromatic carbocycles. The van der Waals surface area contributed by atoms with Crippen molar-refractivity contribution in [2.75, 3.05) is 12.1 Å². The molecule has 3 rings (SSSR count). The average Bonchev–Trinajstić information content (AvgIpc) is 3.07. The third-order valence-electron chi connectivity index (χ3n) is 3.48. The number of anilines is 1. The van der Waals surface area contributed by atoms with E-state index < -0.39 is 5.91 Å². The number of nitrogens with one attached hydrogen (secondary N) is 3. The third kappa shape index (κ3) is 4.25. The summed E-state index contributed by atoms with van der Waals surface area (Å²) in [5, 5.41) is 3.05. The molecule has 1 aliphatic heterocycles. The number of hydrogen-bond donors (Lipinski definition) is 3. The smallest absolute Gasteiger partial charge is 0.271 e. The molecule has 0 saturated carbocycles. The van der Waals surface area contributed by atoms with Gasteiger partial charge in [0.05, 0.1) is 10.6 Å². The van der Waals surface area contributed by atoms with Gasteiger partial charge in [-0.2, -0.15) is 0 Å². The van der Waals surface area contributed by atoms with Crippen LogP contribution in [-0.2, 0) is 4.79 Å². The summed E-state index contributed by atoms with van der Waals surface area (Å²) in [5.41, 5.74) is 6.50. The summed E-state index contributed by atoms with van der Waals surface area (Å²) >= 11 is 5.96. The van der Waals surface area contributed by atoms with Gasteiger partial charge in [0, 0.05) is 23.5 Å². The fourth-order valence-electron chi connectivity index (χ4n) is 2.25. The molecule has 2 amide bonds. The van der Waals surface area contributed by atoms with E-state index in [0.29, 0.717) is 33.5 Å². The van der Waals surface area contributed by atoms with Crippen molar-refractivity contribution in [3.8, 4) is 11.5 Å². The molecule has 0 saturated heterocycles. The first-order valence-corrected chi connectivity index (χ1v) is 8.10. The Hall–Kier alpha value is -3.19. The standard InChI is InChI=1S/C18H16ClN3O4/c1-11(21-22-18(24)13-4-2-3-5-14(13)19)8-17(23)20-12-6-7-15-16(9-12)26-10-25-15/h2-9,21H,10H2,1H3,(H,20,23)(H,22,24). The Labute approximate surface area is 154 Å². The lowest BCUT2D eigenvalue weighted by Gasteiger charge is -2.10. The van der Waals surface area contributed by atoms with Crippen LogP contribution in [0.15, 0.2) is 54.2 Å². The van der Waals surface area contributed by atoms with Gasteiger partial charge in [-0.25, -0.2) is 0 Å². The monoisotopic (exact) mass is 373 g/mol. The maximum Gasteiger partial charge on any atom is 0.271 e. The maximum absolute atomic E-state index is 12.1. The van der Waals surface area contributed by atoms with E-state index >= 15 is 0 Å². The number of fused-ring (bicyclic) bond motifs is 1. The van der Waals surface area contributed by atoms with Crippen LogP contribution >= 0.6 is 11.6 Å². The first-order chi connectivity index (χ1) is 12.5. The minimum atomic E-state index is -0.403. The van der Waals surface area contributed by atoms with Crippen molar-refractivity contribution in [3.63, 3.8) is 0 Å². The second-order valence-electron chi connectivity index (χ2n) is 5.44. The Morgan fingerprint density at radius 2 is 1.85 bits per heavy atom. The van der Waals surface area contributed by atoms with Gasteiger partial charge < -0.3 is 20.2 Å².